The fourth-order valence-electron chi connectivity index (χ4n) is 7.25. The molecule has 0 N–H and O–H groups in total. The van der Waals surface area contributed by atoms with Gasteiger partial charge in [-0.3, -0.25) is 4.79 Å². The summed E-state index contributed by atoms with van der Waals surface area (Å²) in [6, 6.07) is 0. The van der Waals surface area contributed by atoms with Crippen molar-refractivity contribution in [2.75, 3.05) is 0 Å². The highest BCUT2D eigenvalue weighted by atomic mass is 16.5. The third-order valence-electron chi connectivity index (χ3n) is 8.56. The zero-order chi connectivity index (χ0) is 17.1. The predicted octanol–water partition coefficient (Wildman–Crippen LogP) is 5.52. The van der Waals surface area contributed by atoms with Gasteiger partial charge in [-0.25, -0.2) is 0 Å². The van der Waals surface area contributed by atoms with Crippen molar-refractivity contribution in [2.24, 2.45) is 34.5 Å². The molecular formula is C22H34O2. The van der Waals surface area contributed by atoms with Crippen LogP contribution in [0, 0.1) is 34.5 Å². The first kappa shape index (κ1) is 16.7. The summed E-state index contributed by atoms with van der Waals surface area (Å²) < 4.78 is 5.76. The molecule has 0 bridgehead atoms. The molecule has 1 unspecified atom stereocenters. The molecule has 0 aliphatic heterocycles. The second-order valence-electron chi connectivity index (χ2n) is 9.76. The Kier molecular flexibility index (Phi) is 3.89. The number of allylic oxidation sites excluding steroid dienone is 2. The van der Waals surface area contributed by atoms with E-state index in [1.54, 1.807) is 12.5 Å². The van der Waals surface area contributed by atoms with Crippen molar-refractivity contribution in [3.8, 4) is 0 Å². The van der Waals surface area contributed by atoms with Crippen molar-refractivity contribution in [1.82, 2.24) is 0 Å². The van der Waals surface area contributed by atoms with Gasteiger partial charge >= 0.3 is 5.97 Å². The molecule has 4 aliphatic carbocycles. The van der Waals surface area contributed by atoms with Crippen LogP contribution in [0.5, 0.6) is 0 Å². The smallest absolute Gasteiger partial charge is 0.302 e. The first-order valence-electron chi connectivity index (χ1n) is 10.2. The van der Waals surface area contributed by atoms with Gasteiger partial charge in [-0.15, -0.1) is 0 Å². The van der Waals surface area contributed by atoms with Crippen LogP contribution in [-0.2, 0) is 9.53 Å². The van der Waals surface area contributed by atoms with Crippen molar-refractivity contribution in [3.63, 3.8) is 0 Å². The van der Waals surface area contributed by atoms with Crippen molar-refractivity contribution in [2.45, 2.75) is 85.2 Å². The van der Waals surface area contributed by atoms with Gasteiger partial charge < -0.3 is 4.74 Å². The summed E-state index contributed by atoms with van der Waals surface area (Å²) in [6.45, 7) is 8.95. The zero-order valence-electron chi connectivity index (χ0n) is 15.9. The molecule has 3 saturated carbocycles. The van der Waals surface area contributed by atoms with E-state index in [2.05, 4.69) is 26.8 Å². The van der Waals surface area contributed by atoms with E-state index >= 15 is 0 Å². The molecule has 0 radical (unpaired) electrons. The Morgan fingerprint density at radius 1 is 1.08 bits per heavy atom. The Morgan fingerprint density at radius 3 is 2.62 bits per heavy atom. The summed E-state index contributed by atoms with van der Waals surface area (Å²) >= 11 is 0. The quantitative estimate of drug-likeness (QED) is 0.467. The highest BCUT2D eigenvalue weighted by Gasteiger charge is 2.59. The first-order valence-corrected chi connectivity index (χ1v) is 10.2. The number of rotatable bonds is 1. The molecule has 2 nitrogen and oxygen atoms in total. The highest BCUT2D eigenvalue weighted by Crippen LogP contribution is 2.65. The Hall–Kier alpha value is -0.790. The van der Waals surface area contributed by atoms with E-state index in [1.807, 2.05) is 0 Å². The van der Waals surface area contributed by atoms with Crippen LogP contribution in [0.3, 0.4) is 0 Å². The van der Waals surface area contributed by atoms with Gasteiger partial charge in [0.25, 0.3) is 0 Å². The Morgan fingerprint density at radius 2 is 1.88 bits per heavy atom. The summed E-state index contributed by atoms with van der Waals surface area (Å²) in [6.07, 6.45) is 13.1. The number of carbonyl (C=O) groups is 1. The van der Waals surface area contributed by atoms with Crippen molar-refractivity contribution in [3.05, 3.63) is 11.6 Å². The highest BCUT2D eigenvalue weighted by molar-refractivity contribution is 5.66. The average Bonchev–Trinajstić information content (AvgIpc) is 2.84. The molecule has 4 rings (SSSR count). The van der Waals surface area contributed by atoms with E-state index in [1.165, 1.54) is 44.9 Å². The summed E-state index contributed by atoms with van der Waals surface area (Å²) in [5.41, 5.74) is 2.46. The number of hydrogen-bond donors (Lipinski definition) is 0. The van der Waals surface area contributed by atoms with Gasteiger partial charge in [0.1, 0.15) is 6.10 Å². The summed E-state index contributed by atoms with van der Waals surface area (Å²) in [5, 5.41) is 0. The summed E-state index contributed by atoms with van der Waals surface area (Å²) in [7, 11) is 0. The fraction of sp³-hybridized carbons (Fsp3) is 0.864. The van der Waals surface area contributed by atoms with E-state index < -0.39 is 0 Å². The van der Waals surface area contributed by atoms with Gasteiger partial charge in [0.15, 0.2) is 0 Å². The van der Waals surface area contributed by atoms with Gasteiger partial charge in [0.2, 0.25) is 0 Å². The Labute approximate surface area is 147 Å². The SMILES string of the molecule is CC(=O)O[C@H]1CC[C@H]2[C@@H]3CCC4=C[C@@H](C)CC[C@]4(C)C3CC[C@]12C. The monoisotopic (exact) mass is 330 g/mol. The Bertz CT molecular complexity index is 564. The third kappa shape index (κ3) is 2.31. The molecule has 0 amide bonds. The number of fused-ring (bicyclic) bond motifs is 5. The minimum Gasteiger partial charge on any atom is -0.462 e. The van der Waals surface area contributed by atoms with E-state index in [-0.39, 0.29) is 17.5 Å². The molecule has 134 valence electrons. The lowest BCUT2D eigenvalue weighted by Crippen LogP contribution is -2.51. The lowest BCUT2D eigenvalue weighted by atomic mass is 9.47. The minimum absolute atomic E-state index is 0.0916. The maximum Gasteiger partial charge on any atom is 0.302 e. The van der Waals surface area contributed by atoms with Gasteiger partial charge in [-0.2, -0.15) is 0 Å². The molecule has 0 saturated heterocycles. The van der Waals surface area contributed by atoms with Crippen LogP contribution < -0.4 is 0 Å². The largest absolute Gasteiger partial charge is 0.462 e. The Balaban J connectivity index is 1.61. The van der Waals surface area contributed by atoms with Crippen molar-refractivity contribution < 1.29 is 9.53 Å². The van der Waals surface area contributed by atoms with Crippen LogP contribution >= 0.6 is 0 Å². The maximum absolute atomic E-state index is 11.5. The molecule has 24 heavy (non-hydrogen) atoms. The van der Waals surface area contributed by atoms with Crippen LogP contribution in [0.25, 0.3) is 0 Å². The molecule has 7 atom stereocenters. The summed E-state index contributed by atoms with van der Waals surface area (Å²) in [4.78, 5) is 11.5. The molecule has 2 heteroatoms. The standard InChI is InChI=1S/C22H34O2/c1-14-9-11-21(3)16(13-14)5-6-17-18-7-8-20(24-15(2)23)22(18,4)12-10-19(17)21/h13-14,17-20H,5-12H2,1-4H3/t14-,17-,18-,19?,20-,21-,22-/m0/s1. The van der Waals surface area contributed by atoms with Crippen molar-refractivity contribution in [1.29, 1.82) is 0 Å². The van der Waals surface area contributed by atoms with E-state index in [0.717, 1.165) is 30.1 Å². The maximum atomic E-state index is 11.5. The molecule has 4 aliphatic rings. The fourth-order valence-corrected chi connectivity index (χ4v) is 7.25. The molecule has 0 aromatic heterocycles. The molecule has 0 aromatic rings. The zero-order valence-corrected chi connectivity index (χ0v) is 15.9. The molecule has 0 spiro atoms. The number of ether oxygens (including phenoxy) is 1. The first-order chi connectivity index (χ1) is 11.3. The van der Waals surface area contributed by atoms with Gasteiger partial charge in [0.05, 0.1) is 0 Å². The van der Waals surface area contributed by atoms with Crippen LogP contribution in [0.4, 0.5) is 0 Å². The predicted molar refractivity (Wildman–Crippen MR) is 96.4 cm³/mol. The van der Waals surface area contributed by atoms with Gasteiger partial charge in [0, 0.05) is 12.3 Å². The lowest BCUT2D eigenvalue weighted by molar-refractivity contribution is -0.157. The third-order valence-corrected chi connectivity index (χ3v) is 8.56. The topological polar surface area (TPSA) is 26.3 Å². The number of esters is 1. The second kappa shape index (κ2) is 5.61. The van der Waals surface area contributed by atoms with Gasteiger partial charge in [-0.05, 0) is 80.5 Å². The van der Waals surface area contributed by atoms with Crippen LogP contribution in [0.2, 0.25) is 0 Å². The molecule has 0 aromatic carbocycles. The van der Waals surface area contributed by atoms with Crippen LogP contribution in [0.15, 0.2) is 11.6 Å². The average molecular weight is 331 g/mol. The number of carbonyl (C=O) groups excluding carboxylic acids is 1. The molecule has 0 heterocycles. The number of hydrogen-bond acceptors (Lipinski definition) is 2. The minimum atomic E-state index is -0.0916. The molecule has 3 fully saturated rings. The van der Waals surface area contributed by atoms with E-state index in [0.29, 0.717) is 5.41 Å². The van der Waals surface area contributed by atoms with E-state index in [4.69, 9.17) is 4.74 Å². The van der Waals surface area contributed by atoms with Crippen molar-refractivity contribution >= 4 is 5.97 Å². The summed E-state index contributed by atoms with van der Waals surface area (Å²) in [5.74, 6) is 3.15. The van der Waals surface area contributed by atoms with Gasteiger partial charge in [-0.1, -0.05) is 32.4 Å². The van der Waals surface area contributed by atoms with Crippen LogP contribution in [0.1, 0.15) is 79.1 Å². The normalized spacial score (nSPS) is 50.3. The lowest BCUT2D eigenvalue weighted by Gasteiger charge is -2.58. The molecular weight excluding hydrogens is 296 g/mol. The van der Waals surface area contributed by atoms with Crippen LogP contribution in [-0.4, -0.2) is 12.1 Å². The van der Waals surface area contributed by atoms with E-state index in [9.17, 15) is 4.79 Å². The second-order valence-corrected chi connectivity index (χ2v) is 9.76.